The molecular formula is C2F2S3. The Balaban J connectivity index is 2.43. The fourth-order valence-corrected chi connectivity index (χ4v) is 2.43. The number of hydrogen-bond acceptors (Lipinski definition) is 3. The average molecular weight is 158 g/mol. The van der Waals surface area contributed by atoms with E-state index >= 15 is 0 Å². The molecule has 0 aromatic rings. The van der Waals surface area contributed by atoms with Crippen LogP contribution in [0.3, 0.4) is 0 Å². The summed E-state index contributed by atoms with van der Waals surface area (Å²) in [5.41, 5.74) is 0. The van der Waals surface area contributed by atoms with E-state index in [4.69, 9.17) is 0 Å². The molecule has 1 aliphatic rings. The van der Waals surface area contributed by atoms with Crippen LogP contribution in [-0.4, -0.2) is 8.12 Å². The lowest BCUT2D eigenvalue weighted by atomic mass is 11.6. The van der Waals surface area contributed by atoms with Crippen LogP contribution < -0.4 is 0 Å². The number of halogens is 2. The van der Waals surface area contributed by atoms with E-state index in [0.29, 0.717) is 27.1 Å². The largest absolute Gasteiger partial charge is 0.353 e. The summed E-state index contributed by atoms with van der Waals surface area (Å²) in [4.78, 5) is 0. The van der Waals surface area contributed by atoms with Crippen LogP contribution in [0, 0.1) is 0 Å². The first-order valence-corrected chi connectivity index (χ1v) is 3.44. The highest BCUT2D eigenvalue weighted by Crippen LogP contribution is 2.54. The molecule has 1 rings (SSSR count). The zero-order valence-corrected chi connectivity index (χ0v) is 5.43. The van der Waals surface area contributed by atoms with Gasteiger partial charge in [-0.25, -0.2) is 0 Å². The molecule has 0 unspecified atom stereocenters. The number of rotatable bonds is 0. The first kappa shape index (κ1) is 5.78. The van der Waals surface area contributed by atoms with Gasteiger partial charge in [0.05, 0.1) is 0 Å². The van der Waals surface area contributed by atoms with Crippen LogP contribution >= 0.6 is 35.7 Å². The minimum absolute atomic E-state index is 0.338. The van der Waals surface area contributed by atoms with Crippen molar-refractivity contribution in [2.45, 2.75) is 4.59 Å². The third-order valence-electron chi connectivity index (χ3n) is 0.404. The Labute approximate surface area is 53.0 Å². The van der Waals surface area contributed by atoms with Crippen molar-refractivity contribution in [1.82, 2.24) is 0 Å². The Kier molecular flexibility index (Phi) is 1.29. The van der Waals surface area contributed by atoms with Crippen molar-refractivity contribution in [3.8, 4) is 0 Å². The topological polar surface area (TPSA) is 0 Å². The van der Waals surface area contributed by atoms with Crippen LogP contribution in [0.5, 0.6) is 0 Å². The number of thioether (sulfide) groups is 2. The van der Waals surface area contributed by atoms with Crippen molar-refractivity contribution in [3.05, 3.63) is 0 Å². The van der Waals surface area contributed by atoms with E-state index < -0.39 is 4.59 Å². The zero-order valence-electron chi connectivity index (χ0n) is 2.98. The van der Waals surface area contributed by atoms with Crippen LogP contribution in [-0.2, 0) is 0 Å². The van der Waals surface area contributed by atoms with E-state index in [1.807, 2.05) is 0 Å². The normalized spacial score (nSPS) is 26.9. The summed E-state index contributed by atoms with van der Waals surface area (Å²) in [6.07, 6.45) is 0. The van der Waals surface area contributed by atoms with E-state index in [-0.39, 0.29) is 0 Å². The molecule has 0 aromatic carbocycles. The van der Waals surface area contributed by atoms with E-state index in [0.717, 1.165) is 0 Å². The summed E-state index contributed by atoms with van der Waals surface area (Å²) < 4.78 is 21.0. The van der Waals surface area contributed by atoms with Gasteiger partial charge in [0.25, 0.3) is 0 Å². The van der Waals surface area contributed by atoms with Gasteiger partial charge in [0.2, 0.25) is 0 Å². The fraction of sp³-hybridized carbons (Fsp3) is 0.500. The highest BCUT2D eigenvalue weighted by Gasteiger charge is 2.44. The van der Waals surface area contributed by atoms with Gasteiger partial charge in [0.15, 0.2) is 0 Å². The molecule has 40 valence electrons. The Hall–Kier alpha value is 0.650. The van der Waals surface area contributed by atoms with Crippen LogP contribution in [0.25, 0.3) is 0 Å². The third kappa shape index (κ3) is 1.27. The minimum Gasteiger partial charge on any atom is -0.182 e. The monoisotopic (exact) mass is 158 g/mol. The second kappa shape index (κ2) is 1.56. The third-order valence-corrected chi connectivity index (χ3v) is 2.71. The van der Waals surface area contributed by atoms with E-state index in [9.17, 15) is 8.78 Å². The summed E-state index contributed by atoms with van der Waals surface area (Å²) >= 11 is 5.27. The molecule has 0 N–H and O–H groups in total. The van der Waals surface area contributed by atoms with Crippen molar-refractivity contribution < 1.29 is 8.78 Å². The van der Waals surface area contributed by atoms with E-state index in [1.165, 1.54) is 0 Å². The van der Waals surface area contributed by atoms with Gasteiger partial charge < -0.3 is 0 Å². The molecule has 5 heteroatoms. The predicted octanol–water partition coefficient (Wildman–Crippen LogP) is 2.30. The summed E-state index contributed by atoms with van der Waals surface area (Å²) in [7, 11) is 0. The smallest absolute Gasteiger partial charge is 0.182 e. The van der Waals surface area contributed by atoms with Gasteiger partial charge in [0, 0.05) is 0 Å². The summed E-state index contributed by atoms with van der Waals surface area (Å²) in [6, 6.07) is 0. The summed E-state index contributed by atoms with van der Waals surface area (Å²) in [5, 5.41) is 0. The van der Waals surface area contributed by atoms with E-state index in [2.05, 4.69) is 12.2 Å². The van der Waals surface area contributed by atoms with Gasteiger partial charge in [-0.3, -0.25) is 0 Å². The highest BCUT2D eigenvalue weighted by molar-refractivity contribution is 8.60. The van der Waals surface area contributed by atoms with Gasteiger partial charge in [-0.05, 0) is 23.5 Å². The molecule has 0 spiro atoms. The van der Waals surface area contributed by atoms with Crippen LogP contribution in [0.2, 0.25) is 0 Å². The van der Waals surface area contributed by atoms with Crippen molar-refractivity contribution in [2.75, 3.05) is 0 Å². The van der Waals surface area contributed by atoms with Crippen molar-refractivity contribution in [1.29, 1.82) is 0 Å². The number of hydrogen-bond donors (Lipinski definition) is 0. The summed E-state index contributed by atoms with van der Waals surface area (Å²) in [5.74, 6) is 0. The molecule has 0 atom stereocenters. The molecular weight excluding hydrogens is 158 g/mol. The minimum atomic E-state index is -2.61. The maximum atomic E-state index is 11.6. The maximum Gasteiger partial charge on any atom is 0.353 e. The quantitative estimate of drug-likeness (QED) is 0.496. The molecule has 1 heterocycles. The molecule has 1 fully saturated rings. The first-order chi connectivity index (χ1) is 3.10. The number of thiocarbonyl (C=S) groups is 1. The lowest BCUT2D eigenvalue weighted by Gasteiger charge is -2.22. The predicted molar refractivity (Wildman–Crippen MR) is 32.7 cm³/mol. The number of alkyl halides is 2. The molecule has 0 aliphatic carbocycles. The Bertz CT molecular complexity index is 99.5. The Morgan fingerprint density at radius 2 is 1.86 bits per heavy atom. The Morgan fingerprint density at radius 3 is 1.86 bits per heavy atom. The average Bonchev–Trinajstić information content (AvgIpc) is 1.27. The maximum absolute atomic E-state index is 11.6. The van der Waals surface area contributed by atoms with Gasteiger partial charge in [-0.2, -0.15) is 8.78 Å². The second-order valence-corrected chi connectivity index (χ2v) is 4.61. The SMILES string of the molecule is FC1(F)SC(=S)S1. The van der Waals surface area contributed by atoms with Crippen molar-refractivity contribution in [3.63, 3.8) is 0 Å². The van der Waals surface area contributed by atoms with Crippen LogP contribution in [0.4, 0.5) is 8.78 Å². The molecule has 1 aliphatic heterocycles. The van der Waals surface area contributed by atoms with Gasteiger partial charge >= 0.3 is 4.59 Å². The molecule has 0 bridgehead atoms. The fourth-order valence-electron chi connectivity index (χ4n) is 0.202. The van der Waals surface area contributed by atoms with Crippen molar-refractivity contribution >= 4 is 39.3 Å². The van der Waals surface area contributed by atoms with Gasteiger partial charge in [-0.15, -0.1) is 0 Å². The molecule has 7 heavy (non-hydrogen) atoms. The molecule has 0 amide bonds. The molecule has 0 radical (unpaired) electrons. The van der Waals surface area contributed by atoms with Crippen molar-refractivity contribution in [2.24, 2.45) is 0 Å². The molecule has 0 saturated carbocycles. The van der Waals surface area contributed by atoms with Crippen LogP contribution in [0.15, 0.2) is 0 Å². The second-order valence-electron chi connectivity index (χ2n) is 0.917. The molecule has 0 aromatic heterocycles. The van der Waals surface area contributed by atoms with Gasteiger partial charge in [0.1, 0.15) is 3.53 Å². The lowest BCUT2D eigenvalue weighted by Crippen LogP contribution is -2.18. The molecule has 1 saturated heterocycles. The van der Waals surface area contributed by atoms with Gasteiger partial charge in [-0.1, -0.05) is 12.2 Å². The summed E-state index contributed by atoms with van der Waals surface area (Å²) in [6.45, 7) is 0. The van der Waals surface area contributed by atoms with E-state index in [1.54, 1.807) is 0 Å². The molecule has 0 nitrogen and oxygen atoms in total. The lowest BCUT2D eigenvalue weighted by molar-refractivity contribution is 0.213. The standard InChI is InChI=1S/C2F2S3/c3-2(4)6-1(5)7-2. The first-order valence-electron chi connectivity index (χ1n) is 1.40. The Morgan fingerprint density at radius 1 is 1.43 bits per heavy atom. The zero-order chi connectivity index (χ0) is 5.49. The highest BCUT2D eigenvalue weighted by atomic mass is 32.3. The van der Waals surface area contributed by atoms with Crippen LogP contribution in [0.1, 0.15) is 0 Å².